The van der Waals surface area contributed by atoms with Gasteiger partial charge in [0, 0.05) is 18.5 Å². The SMILES string of the molecule is CC(C)(C)NC(=O)[C@@H](Cc1ccccc1)N(Cc1ccc(F)cc1)C(=O)CN(c1ccc(F)c(Cl)c1)S(=O)(=O)c1ccccc1. The molecule has 0 aliphatic carbocycles. The Bertz CT molecular complexity index is 1730. The first-order chi connectivity index (χ1) is 21.2. The average Bonchev–Trinajstić information content (AvgIpc) is 3.00. The molecule has 0 aliphatic rings. The average molecular weight is 654 g/mol. The fraction of sp³-hybridized carbons (Fsp3) is 0.235. The summed E-state index contributed by atoms with van der Waals surface area (Å²) in [5.41, 5.74) is 0.597. The summed E-state index contributed by atoms with van der Waals surface area (Å²) in [6.45, 7) is 4.56. The van der Waals surface area contributed by atoms with E-state index in [2.05, 4.69) is 5.32 Å². The number of benzene rings is 4. The van der Waals surface area contributed by atoms with Crippen LogP contribution in [-0.4, -0.2) is 43.3 Å². The van der Waals surface area contributed by atoms with Gasteiger partial charge in [-0.15, -0.1) is 0 Å². The van der Waals surface area contributed by atoms with Crippen molar-refractivity contribution in [2.24, 2.45) is 0 Å². The van der Waals surface area contributed by atoms with Crippen molar-refractivity contribution in [2.45, 2.75) is 50.2 Å². The highest BCUT2D eigenvalue weighted by molar-refractivity contribution is 7.92. The maximum atomic E-state index is 14.4. The molecule has 2 amide bonds. The van der Waals surface area contributed by atoms with E-state index in [-0.39, 0.29) is 28.6 Å². The molecule has 0 bridgehead atoms. The Morgan fingerprint density at radius 2 is 1.44 bits per heavy atom. The van der Waals surface area contributed by atoms with Gasteiger partial charge in [0.05, 0.1) is 15.6 Å². The lowest BCUT2D eigenvalue weighted by Crippen LogP contribution is -2.56. The normalized spacial score (nSPS) is 12.3. The minimum absolute atomic E-state index is 0.0425. The van der Waals surface area contributed by atoms with Gasteiger partial charge in [0.1, 0.15) is 24.2 Å². The Kier molecular flexibility index (Phi) is 10.6. The lowest BCUT2D eigenvalue weighted by atomic mass is 10.0. The Morgan fingerprint density at radius 3 is 2.02 bits per heavy atom. The van der Waals surface area contributed by atoms with Crippen molar-refractivity contribution in [3.63, 3.8) is 0 Å². The van der Waals surface area contributed by atoms with Gasteiger partial charge in [-0.1, -0.05) is 72.3 Å². The molecule has 0 saturated carbocycles. The molecule has 0 heterocycles. The third-order valence-corrected chi connectivity index (χ3v) is 8.91. The molecule has 0 fully saturated rings. The van der Waals surface area contributed by atoms with Gasteiger partial charge in [-0.3, -0.25) is 13.9 Å². The Morgan fingerprint density at radius 1 is 0.844 bits per heavy atom. The number of anilines is 1. The lowest BCUT2D eigenvalue weighted by molar-refractivity contribution is -0.140. The molecule has 4 rings (SSSR count). The summed E-state index contributed by atoms with van der Waals surface area (Å²) < 4.78 is 56.7. The van der Waals surface area contributed by atoms with Gasteiger partial charge >= 0.3 is 0 Å². The summed E-state index contributed by atoms with van der Waals surface area (Å²) in [6, 6.07) is 24.3. The quantitative estimate of drug-likeness (QED) is 0.204. The number of nitrogens with zero attached hydrogens (tertiary/aromatic N) is 2. The first-order valence-corrected chi connectivity index (χ1v) is 16.0. The van der Waals surface area contributed by atoms with Crippen LogP contribution in [0.25, 0.3) is 0 Å². The van der Waals surface area contributed by atoms with Gasteiger partial charge in [0.15, 0.2) is 0 Å². The molecule has 1 atom stereocenters. The standard InChI is InChI=1S/C34H34ClF2N3O4S/c1-34(2,3)38-33(42)31(20-24-10-6-4-7-11-24)39(22-25-14-16-26(36)17-15-25)32(41)23-40(27-18-19-30(37)29(35)21-27)45(43,44)28-12-8-5-9-13-28/h4-19,21,31H,20,22-23H2,1-3H3,(H,38,42)/t31-/m1/s1. The van der Waals surface area contributed by atoms with Crippen LogP contribution in [0.4, 0.5) is 14.5 Å². The van der Waals surface area contributed by atoms with E-state index in [1.165, 1.54) is 59.5 Å². The first-order valence-electron chi connectivity index (χ1n) is 14.2. The van der Waals surface area contributed by atoms with Crippen molar-refractivity contribution in [3.05, 3.63) is 131 Å². The molecule has 11 heteroatoms. The molecule has 0 saturated heterocycles. The Labute approximate surface area is 267 Å². The highest BCUT2D eigenvalue weighted by atomic mass is 35.5. The molecule has 7 nitrogen and oxygen atoms in total. The summed E-state index contributed by atoms with van der Waals surface area (Å²) in [5, 5.41) is 2.61. The number of amides is 2. The number of nitrogens with one attached hydrogen (secondary N) is 1. The highest BCUT2D eigenvalue weighted by Gasteiger charge is 2.35. The van der Waals surface area contributed by atoms with Crippen LogP contribution < -0.4 is 9.62 Å². The van der Waals surface area contributed by atoms with E-state index < -0.39 is 51.6 Å². The van der Waals surface area contributed by atoms with Gasteiger partial charge in [0.25, 0.3) is 10.0 Å². The van der Waals surface area contributed by atoms with E-state index in [9.17, 15) is 26.8 Å². The van der Waals surface area contributed by atoms with E-state index >= 15 is 0 Å². The molecule has 236 valence electrons. The molecule has 0 aromatic heterocycles. The van der Waals surface area contributed by atoms with Crippen molar-refractivity contribution >= 4 is 39.1 Å². The molecule has 4 aromatic carbocycles. The summed E-state index contributed by atoms with van der Waals surface area (Å²) in [4.78, 5) is 29.4. The highest BCUT2D eigenvalue weighted by Crippen LogP contribution is 2.28. The number of carbonyl (C=O) groups is 2. The minimum atomic E-state index is -4.37. The van der Waals surface area contributed by atoms with Gasteiger partial charge in [-0.2, -0.15) is 0 Å². The first kappa shape index (κ1) is 33.6. The second-order valence-electron chi connectivity index (χ2n) is 11.5. The maximum Gasteiger partial charge on any atom is 0.264 e. The lowest BCUT2D eigenvalue weighted by Gasteiger charge is -2.35. The van der Waals surface area contributed by atoms with Gasteiger partial charge in [-0.25, -0.2) is 17.2 Å². The largest absolute Gasteiger partial charge is 0.350 e. The van der Waals surface area contributed by atoms with E-state index in [1.807, 2.05) is 51.1 Å². The van der Waals surface area contributed by atoms with Crippen LogP contribution in [0.15, 0.2) is 108 Å². The zero-order valence-corrected chi connectivity index (χ0v) is 26.7. The zero-order chi connectivity index (χ0) is 32.8. The number of carbonyl (C=O) groups excluding carboxylic acids is 2. The summed E-state index contributed by atoms with van der Waals surface area (Å²) >= 11 is 6.04. The van der Waals surface area contributed by atoms with Gasteiger partial charge in [-0.05, 0) is 74.4 Å². The van der Waals surface area contributed by atoms with Crippen LogP contribution in [0.2, 0.25) is 5.02 Å². The number of rotatable bonds is 11. The van der Waals surface area contributed by atoms with Crippen LogP contribution >= 0.6 is 11.6 Å². The van der Waals surface area contributed by atoms with Crippen molar-refractivity contribution in [1.82, 2.24) is 10.2 Å². The van der Waals surface area contributed by atoms with E-state index in [0.29, 0.717) is 5.56 Å². The fourth-order valence-corrected chi connectivity index (χ4v) is 6.28. The maximum absolute atomic E-state index is 14.4. The zero-order valence-electron chi connectivity index (χ0n) is 25.1. The predicted molar refractivity (Wildman–Crippen MR) is 171 cm³/mol. The van der Waals surface area contributed by atoms with E-state index in [4.69, 9.17) is 11.6 Å². The minimum Gasteiger partial charge on any atom is -0.350 e. The van der Waals surface area contributed by atoms with Crippen molar-refractivity contribution in [1.29, 1.82) is 0 Å². The second kappa shape index (κ2) is 14.2. The summed E-state index contributed by atoms with van der Waals surface area (Å²) in [7, 11) is -4.37. The molecule has 1 N–H and O–H groups in total. The molecular formula is C34H34ClF2N3O4S. The number of hydrogen-bond acceptors (Lipinski definition) is 4. The summed E-state index contributed by atoms with van der Waals surface area (Å²) in [5.74, 6) is -2.41. The Balaban J connectivity index is 1.82. The third-order valence-electron chi connectivity index (χ3n) is 6.84. The number of halogens is 3. The van der Waals surface area contributed by atoms with Crippen molar-refractivity contribution in [3.8, 4) is 0 Å². The topological polar surface area (TPSA) is 86.8 Å². The third kappa shape index (κ3) is 8.89. The number of hydrogen-bond donors (Lipinski definition) is 1. The summed E-state index contributed by atoms with van der Waals surface area (Å²) in [6.07, 6.45) is 0.115. The van der Waals surface area contributed by atoms with E-state index in [1.54, 1.807) is 6.07 Å². The molecule has 0 spiro atoms. The molecule has 45 heavy (non-hydrogen) atoms. The van der Waals surface area contributed by atoms with E-state index in [0.717, 1.165) is 22.0 Å². The van der Waals surface area contributed by atoms with Gasteiger partial charge < -0.3 is 10.2 Å². The molecule has 0 radical (unpaired) electrons. The van der Waals surface area contributed by atoms with Crippen LogP contribution in [0, 0.1) is 11.6 Å². The van der Waals surface area contributed by atoms with Crippen LogP contribution in [0.3, 0.4) is 0 Å². The van der Waals surface area contributed by atoms with Crippen LogP contribution in [0.1, 0.15) is 31.9 Å². The number of sulfonamides is 1. The second-order valence-corrected chi connectivity index (χ2v) is 13.8. The van der Waals surface area contributed by atoms with Crippen molar-refractivity contribution in [2.75, 3.05) is 10.8 Å². The molecule has 0 unspecified atom stereocenters. The molecular weight excluding hydrogens is 620 g/mol. The predicted octanol–water partition coefficient (Wildman–Crippen LogP) is 6.37. The monoisotopic (exact) mass is 653 g/mol. The van der Waals surface area contributed by atoms with Crippen molar-refractivity contribution < 1.29 is 26.8 Å². The molecule has 0 aliphatic heterocycles. The smallest absolute Gasteiger partial charge is 0.264 e. The van der Waals surface area contributed by atoms with Crippen LogP contribution in [-0.2, 0) is 32.6 Å². The fourth-order valence-electron chi connectivity index (χ4n) is 4.68. The van der Waals surface area contributed by atoms with Crippen LogP contribution in [0.5, 0.6) is 0 Å². The van der Waals surface area contributed by atoms with Gasteiger partial charge in [0.2, 0.25) is 11.8 Å². The molecule has 4 aromatic rings. The Hall–Kier alpha value is -4.28.